The van der Waals surface area contributed by atoms with Crippen LogP contribution in [0, 0.1) is 12.3 Å². The Kier molecular flexibility index (Phi) is 7.01. The number of ether oxygens (including phenoxy) is 2. The molecule has 110 valence electrons. The molecule has 5 heteroatoms. The van der Waals surface area contributed by atoms with Crippen molar-refractivity contribution >= 4 is 24.0 Å². The number of terminal acetylenes is 1. The van der Waals surface area contributed by atoms with Crippen LogP contribution in [0.4, 0.5) is 0 Å². The molecule has 0 unspecified atom stereocenters. The molecule has 0 spiro atoms. The number of rotatable bonds is 7. The van der Waals surface area contributed by atoms with Crippen LogP contribution in [0.1, 0.15) is 25.3 Å². The van der Waals surface area contributed by atoms with E-state index in [1.54, 1.807) is 0 Å². The highest BCUT2D eigenvalue weighted by atomic mass is 35.5. The minimum atomic E-state index is 0. The Bertz CT molecular complexity index is 481. The smallest absolute Gasteiger partial charge is 0.181 e. The van der Waals surface area contributed by atoms with Crippen molar-refractivity contribution in [2.24, 2.45) is 0 Å². The maximum Gasteiger partial charge on any atom is 0.181 e. The molecule has 1 aliphatic carbocycles. The Morgan fingerprint density at radius 1 is 1.40 bits per heavy atom. The largest absolute Gasteiger partial charge is 0.490 e. The molecule has 2 rings (SSSR count). The Morgan fingerprint density at radius 3 is 2.75 bits per heavy atom. The average molecular weight is 316 g/mol. The zero-order valence-electron chi connectivity index (χ0n) is 11.4. The van der Waals surface area contributed by atoms with Crippen molar-refractivity contribution in [2.75, 3.05) is 13.2 Å². The molecule has 0 aliphatic heterocycles. The molecule has 1 fully saturated rings. The Balaban J connectivity index is 0.00000200. The van der Waals surface area contributed by atoms with E-state index < -0.39 is 0 Å². The van der Waals surface area contributed by atoms with Crippen molar-refractivity contribution in [2.45, 2.75) is 32.4 Å². The van der Waals surface area contributed by atoms with Gasteiger partial charge in [-0.15, -0.1) is 18.8 Å². The van der Waals surface area contributed by atoms with Crippen LogP contribution >= 0.6 is 24.0 Å². The molecule has 0 bridgehead atoms. The predicted molar refractivity (Wildman–Crippen MR) is 84.1 cm³/mol. The summed E-state index contributed by atoms with van der Waals surface area (Å²) in [4.78, 5) is 0. The molecule has 3 nitrogen and oxygen atoms in total. The van der Waals surface area contributed by atoms with Gasteiger partial charge >= 0.3 is 0 Å². The summed E-state index contributed by atoms with van der Waals surface area (Å²) >= 11 is 6.24. The number of halogens is 2. The molecule has 1 aliphatic rings. The van der Waals surface area contributed by atoms with Gasteiger partial charge < -0.3 is 14.8 Å². The third-order valence-corrected chi connectivity index (χ3v) is 3.12. The highest BCUT2D eigenvalue weighted by molar-refractivity contribution is 6.32. The third kappa shape index (κ3) is 4.79. The summed E-state index contributed by atoms with van der Waals surface area (Å²) in [6, 6.07) is 4.51. The summed E-state index contributed by atoms with van der Waals surface area (Å²) in [5.74, 6) is 3.60. The fraction of sp³-hybridized carbons (Fsp3) is 0.467. The van der Waals surface area contributed by atoms with Crippen LogP contribution in [0.3, 0.4) is 0 Å². The molecule has 1 saturated carbocycles. The first-order valence-electron chi connectivity index (χ1n) is 6.49. The van der Waals surface area contributed by atoms with Gasteiger partial charge in [0.05, 0.1) is 11.6 Å². The van der Waals surface area contributed by atoms with Crippen molar-refractivity contribution in [3.8, 4) is 23.8 Å². The second-order valence-corrected chi connectivity index (χ2v) is 4.89. The molecule has 1 aromatic carbocycles. The number of hydrogen-bond acceptors (Lipinski definition) is 3. The third-order valence-electron chi connectivity index (χ3n) is 2.84. The van der Waals surface area contributed by atoms with Crippen LogP contribution in [0.15, 0.2) is 12.1 Å². The van der Waals surface area contributed by atoms with Gasteiger partial charge in [0.1, 0.15) is 6.61 Å². The van der Waals surface area contributed by atoms with E-state index in [4.69, 9.17) is 27.5 Å². The molecular weight excluding hydrogens is 297 g/mol. The van der Waals surface area contributed by atoms with Gasteiger partial charge in [0.15, 0.2) is 11.5 Å². The second-order valence-electron chi connectivity index (χ2n) is 4.49. The molecule has 0 saturated heterocycles. The fourth-order valence-electron chi connectivity index (χ4n) is 1.79. The first kappa shape index (κ1) is 17.0. The van der Waals surface area contributed by atoms with Crippen LogP contribution in [-0.2, 0) is 6.54 Å². The quantitative estimate of drug-likeness (QED) is 0.782. The lowest BCUT2D eigenvalue weighted by Gasteiger charge is -2.14. The van der Waals surface area contributed by atoms with E-state index in [1.807, 2.05) is 19.1 Å². The SMILES string of the molecule is C#CCOc1c(Cl)cc(CNC2CC2)cc1OCC.Cl. The zero-order chi connectivity index (χ0) is 13.7. The van der Waals surface area contributed by atoms with Crippen LogP contribution in [0.5, 0.6) is 11.5 Å². The van der Waals surface area contributed by atoms with E-state index in [2.05, 4.69) is 11.2 Å². The van der Waals surface area contributed by atoms with Gasteiger partial charge in [0, 0.05) is 12.6 Å². The van der Waals surface area contributed by atoms with Crippen molar-refractivity contribution in [1.82, 2.24) is 5.32 Å². The minimum absolute atomic E-state index is 0. The van der Waals surface area contributed by atoms with E-state index in [0.29, 0.717) is 29.2 Å². The van der Waals surface area contributed by atoms with E-state index >= 15 is 0 Å². The van der Waals surface area contributed by atoms with Crippen molar-refractivity contribution in [1.29, 1.82) is 0 Å². The van der Waals surface area contributed by atoms with E-state index in [-0.39, 0.29) is 19.0 Å². The summed E-state index contributed by atoms with van der Waals surface area (Å²) in [5, 5.41) is 3.98. The molecule has 0 atom stereocenters. The highest BCUT2D eigenvalue weighted by Crippen LogP contribution is 2.36. The van der Waals surface area contributed by atoms with Crippen LogP contribution < -0.4 is 14.8 Å². The maximum atomic E-state index is 6.24. The molecule has 0 heterocycles. The normalized spacial score (nSPS) is 13.2. The van der Waals surface area contributed by atoms with E-state index in [0.717, 1.165) is 12.1 Å². The lowest BCUT2D eigenvalue weighted by Crippen LogP contribution is -2.15. The Morgan fingerprint density at radius 2 is 2.15 bits per heavy atom. The maximum absolute atomic E-state index is 6.24. The van der Waals surface area contributed by atoms with Crippen molar-refractivity contribution in [3.63, 3.8) is 0 Å². The average Bonchev–Trinajstić information content (AvgIpc) is 3.20. The number of benzene rings is 1. The van der Waals surface area contributed by atoms with E-state index in [1.165, 1.54) is 12.8 Å². The zero-order valence-corrected chi connectivity index (χ0v) is 13.0. The van der Waals surface area contributed by atoms with Gasteiger partial charge in [-0.1, -0.05) is 17.5 Å². The van der Waals surface area contributed by atoms with Gasteiger partial charge in [-0.2, -0.15) is 0 Å². The molecule has 0 aromatic heterocycles. The summed E-state index contributed by atoms with van der Waals surface area (Å²) < 4.78 is 11.0. The van der Waals surface area contributed by atoms with Gasteiger partial charge in [0.25, 0.3) is 0 Å². The van der Waals surface area contributed by atoms with Crippen LogP contribution in [0.25, 0.3) is 0 Å². The van der Waals surface area contributed by atoms with Gasteiger partial charge in [-0.3, -0.25) is 0 Å². The lowest BCUT2D eigenvalue weighted by molar-refractivity contribution is 0.299. The topological polar surface area (TPSA) is 30.5 Å². The molecular formula is C15H19Cl2NO2. The lowest BCUT2D eigenvalue weighted by atomic mass is 10.2. The van der Waals surface area contributed by atoms with Crippen molar-refractivity contribution in [3.05, 3.63) is 22.7 Å². The van der Waals surface area contributed by atoms with Gasteiger partial charge in [-0.05, 0) is 37.5 Å². The summed E-state index contributed by atoms with van der Waals surface area (Å²) in [6.07, 6.45) is 7.72. The monoisotopic (exact) mass is 315 g/mol. The summed E-state index contributed by atoms with van der Waals surface area (Å²) in [6.45, 7) is 3.45. The molecule has 0 radical (unpaired) electrons. The first-order valence-corrected chi connectivity index (χ1v) is 6.87. The van der Waals surface area contributed by atoms with Crippen LogP contribution in [-0.4, -0.2) is 19.3 Å². The Labute approximate surface area is 131 Å². The molecule has 1 aromatic rings. The number of hydrogen-bond donors (Lipinski definition) is 1. The predicted octanol–water partition coefficient (Wildman–Crippen LogP) is 3.42. The van der Waals surface area contributed by atoms with Gasteiger partial charge in [-0.25, -0.2) is 0 Å². The Hall–Kier alpha value is -1.08. The highest BCUT2D eigenvalue weighted by Gasteiger charge is 2.20. The molecule has 1 N–H and O–H groups in total. The fourth-order valence-corrected chi connectivity index (χ4v) is 2.08. The first-order chi connectivity index (χ1) is 9.24. The molecule has 0 amide bonds. The van der Waals surface area contributed by atoms with E-state index in [9.17, 15) is 0 Å². The summed E-state index contributed by atoms with van der Waals surface area (Å²) in [5.41, 5.74) is 1.09. The van der Waals surface area contributed by atoms with Crippen molar-refractivity contribution < 1.29 is 9.47 Å². The van der Waals surface area contributed by atoms with Gasteiger partial charge in [0.2, 0.25) is 0 Å². The molecule has 20 heavy (non-hydrogen) atoms. The standard InChI is InChI=1S/C15H18ClNO2.ClH/c1-3-7-19-15-13(16)8-11(9-14(15)18-4-2)10-17-12-5-6-12;/h1,8-9,12,17H,4-7,10H2,2H3;1H. The van der Waals surface area contributed by atoms with Crippen LogP contribution in [0.2, 0.25) is 5.02 Å². The number of nitrogens with one attached hydrogen (secondary N) is 1. The summed E-state index contributed by atoms with van der Waals surface area (Å²) in [7, 11) is 0. The minimum Gasteiger partial charge on any atom is -0.490 e. The second kappa shape index (κ2) is 8.26.